The van der Waals surface area contributed by atoms with Crippen molar-refractivity contribution in [2.24, 2.45) is 0 Å². The summed E-state index contributed by atoms with van der Waals surface area (Å²) in [4.78, 5) is -0.106. The molecule has 0 bridgehead atoms. The van der Waals surface area contributed by atoms with Gasteiger partial charge in [-0.1, -0.05) is 19.1 Å². The van der Waals surface area contributed by atoms with Crippen LogP contribution in [0.3, 0.4) is 0 Å². The van der Waals surface area contributed by atoms with Crippen molar-refractivity contribution in [3.8, 4) is 0 Å². The maximum atomic E-state index is 12.9. The Bertz CT molecular complexity index is 608. The summed E-state index contributed by atoms with van der Waals surface area (Å²) in [5.41, 5.74) is 0.928. The van der Waals surface area contributed by atoms with Crippen molar-refractivity contribution in [2.45, 2.75) is 43.3 Å². The van der Waals surface area contributed by atoms with E-state index in [9.17, 15) is 21.6 Å². The van der Waals surface area contributed by atoms with Gasteiger partial charge in [-0.05, 0) is 37.0 Å². The smallest absolute Gasteiger partial charge is 0.381 e. The Morgan fingerprint density at radius 1 is 1.17 bits per heavy atom. The van der Waals surface area contributed by atoms with Crippen molar-refractivity contribution in [3.63, 3.8) is 0 Å². The summed E-state index contributed by atoms with van der Waals surface area (Å²) < 4.78 is 69.8. The Labute approximate surface area is 134 Å². The van der Waals surface area contributed by atoms with Crippen molar-refractivity contribution in [3.05, 3.63) is 29.8 Å². The largest absolute Gasteiger partial charge is 0.402 e. The van der Waals surface area contributed by atoms with E-state index in [0.29, 0.717) is 4.31 Å². The van der Waals surface area contributed by atoms with Crippen molar-refractivity contribution < 1.29 is 26.3 Å². The molecule has 0 N–H and O–H groups in total. The van der Waals surface area contributed by atoms with Crippen LogP contribution in [0.2, 0.25) is 0 Å². The highest BCUT2D eigenvalue weighted by molar-refractivity contribution is 7.89. The average Bonchev–Trinajstić information content (AvgIpc) is 2.52. The van der Waals surface area contributed by atoms with Crippen LogP contribution in [0, 0.1) is 0 Å². The summed E-state index contributed by atoms with van der Waals surface area (Å²) in [7, 11) is -4.20. The lowest BCUT2D eigenvalue weighted by atomic mass is 10.1. The molecule has 1 fully saturated rings. The number of rotatable bonds is 5. The molecule has 0 amide bonds. The molecule has 1 aromatic carbocycles. The number of halogens is 3. The van der Waals surface area contributed by atoms with E-state index in [1.54, 1.807) is 12.1 Å². The van der Waals surface area contributed by atoms with Gasteiger partial charge < -0.3 is 4.74 Å². The van der Waals surface area contributed by atoms with Crippen LogP contribution in [0.4, 0.5) is 13.2 Å². The minimum absolute atomic E-state index is 0.106. The van der Waals surface area contributed by atoms with Crippen LogP contribution in [0.5, 0.6) is 0 Å². The number of hydrogen-bond acceptors (Lipinski definition) is 3. The van der Waals surface area contributed by atoms with Crippen LogP contribution in [0.15, 0.2) is 29.2 Å². The van der Waals surface area contributed by atoms with Crippen molar-refractivity contribution in [1.29, 1.82) is 0 Å². The van der Waals surface area contributed by atoms with Crippen LogP contribution < -0.4 is 0 Å². The van der Waals surface area contributed by atoms with Gasteiger partial charge in [0.05, 0.1) is 4.90 Å². The van der Waals surface area contributed by atoms with Gasteiger partial charge in [-0.25, -0.2) is 8.42 Å². The van der Waals surface area contributed by atoms with Crippen LogP contribution >= 0.6 is 0 Å². The SMILES string of the molecule is CCc1ccc(S(=O)(=O)N(CC(F)(F)F)C2CCOCC2)cc1. The molecule has 0 aromatic heterocycles. The Morgan fingerprint density at radius 3 is 2.22 bits per heavy atom. The third-order valence-corrected chi connectivity index (χ3v) is 5.78. The number of ether oxygens (including phenoxy) is 1. The summed E-state index contributed by atoms with van der Waals surface area (Å²) in [5.74, 6) is 0. The second kappa shape index (κ2) is 7.19. The van der Waals surface area contributed by atoms with E-state index >= 15 is 0 Å². The quantitative estimate of drug-likeness (QED) is 0.819. The lowest BCUT2D eigenvalue weighted by Crippen LogP contribution is -2.47. The molecule has 0 unspecified atom stereocenters. The normalized spacial score (nSPS) is 17.6. The van der Waals surface area contributed by atoms with E-state index in [1.165, 1.54) is 12.1 Å². The van der Waals surface area contributed by atoms with Crippen LogP contribution in [0.25, 0.3) is 0 Å². The zero-order valence-corrected chi connectivity index (χ0v) is 13.7. The summed E-state index contributed by atoms with van der Waals surface area (Å²) >= 11 is 0. The minimum Gasteiger partial charge on any atom is -0.381 e. The van der Waals surface area contributed by atoms with Gasteiger partial charge in [0.15, 0.2) is 0 Å². The van der Waals surface area contributed by atoms with Gasteiger partial charge in [-0.3, -0.25) is 0 Å². The molecular formula is C15H20F3NO3S. The molecule has 1 heterocycles. The molecule has 0 radical (unpaired) electrons. The molecular weight excluding hydrogens is 331 g/mol. The number of alkyl halides is 3. The monoisotopic (exact) mass is 351 g/mol. The van der Waals surface area contributed by atoms with Gasteiger partial charge >= 0.3 is 6.18 Å². The first-order chi connectivity index (χ1) is 10.7. The summed E-state index contributed by atoms with van der Waals surface area (Å²) in [6, 6.07) is 5.31. The number of sulfonamides is 1. The molecule has 4 nitrogen and oxygen atoms in total. The van der Waals surface area contributed by atoms with E-state index in [1.807, 2.05) is 6.92 Å². The van der Waals surface area contributed by atoms with Crippen molar-refractivity contribution in [1.82, 2.24) is 4.31 Å². The average molecular weight is 351 g/mol. The van der Waals surface area contributed by atoms with E-state index < -0.39 is 28.8 Å². The maximum absolute atomic E-state index is 12.9. The van der Waals surface area contributed by atoms with Gasteiger partial charge in [0.25, 0.3) is 0 Å². The molecule has 1 aliphatic heterocycles. The number of benzene rings is 1. The van der Waals surface area contributed by atoms with Crippen molar-refractivity contribution in [2.75, 3.05) is 19.8 Å². The highest BCUT2D eigenvalue weighted by atomic mass is 32.2. The van der Waals surface area contributed by atoms with E-state index in [-0.39, 0.29) is 31.0 Å². The third-order valence-electron chi connectivity index (χ3n) is 3.87. The second-order valence-corrected chi connectivity index (χ2v) is 7.40. The molecule has 0 saturated carbocycles. The van der Waals surface area contributed by atoms with Crippen molar-refractivity contribution >= 4 is 10.0 Å². The first-order valence-corrected chi connectivity index (χ1v) is 8.93. The molecule has 8 heteroatoms. The summed E-state index contributed by atoms with van der Waals surface area (Å²) in [6.07, 6.45) is -3.33. The Kier molecular flexibility index (Phi) is 5.70. The number of nitrogens with zero attached hydrogens (tertiary/aromatic N) is 1. The number of hydrogen-bond donors (Lipinski definition) is 0. The Hall–Kier alpha value is -1.12. The zero-order chi connectivity index (χ0) is 17.1. The molecule has 23 heavy (non-hydrogen) atoms. The van der Waals surface area contributed by atoms with Crippen LogP contribution in [0.1, 0.15) is 25.3 Å². The van der Waals surface area contributed by atoms with E-state index in [0.717, 1.165) is 12.0 Å². The molecule has 1 saturated heterocycles. The fraction of sp³-hybridized carbons (Fsp3) is 0.600. The van der Waals surface area contributed by atoms with Crippen LogP contribution in [-0.2, 0) is 21.2 Å². The standard InChI is InChI=1S/C15H20F3NO3S/c1-2-12-3-5-14(6-4-12)23(20,21)19(11-15(16,17)18)13-7-9-22-10-8-13/h3-6,13H,2,7-11H2,1H3. The molecule has 2 rings (SSSR count). The molecule has 0 spiro atoms. The highest BCUT2D eigenvalue weighted by Crippen LogP contribution is 2.28. The Morgan fingerprint density at radius 2 is 1.74 bits per heavy atom. The lowest BCUT2D eigenvalue weighted by molar-refractivity contribution is -0.141. The van der Waals surface area contributed by atoms with Gasteiger partial charge in [0.2, 0.25) is 10.0 Å². The van der Waals surface area contributed by atoms with Gasteiger partial charge in [0.1, 0.15) is 6.54 Å². The molecule has 1 aromatic rings. The maximum Gasteiger partial charge on any atom is 0.402 e. The fourth-order valence-corrected chi connectivity index (χ4v) is 4.26. The second-order valence-electron chi connectivity index (χ2n) is 5.51. The predicted molar refractivity (Wildman–Crippen MR) is 79.6 cm³/mol. The van der Waals surface area contributed by atoms with Gasteiger partial charge in [-0.15, -0.1) is 0 Å². The summed E-state index contributed by atoms with van der Waals surface area (Å²) in [6.45, 7) is 0.976. The van der Waals surface area contributed by atoms with Crippen LogP contribution in [-0.4, -0.2) is 44.7 Å². The Balaban J connectivity index is 2.34. The molecule has 130 valence electrons. The highest BCUT2D eigenvalue weighted by Gasteiger charge is 2.41. The summed E-state index contributed by atoms with van der Waals surface area (Å²) in [5, 5.41) is 0. The molecule has 1 aliphatic rings. The fourth-order valence-electron chi connectivity index (χ4n) is 2.59. The van der Waals surface area contributed by atoms with E-state index in [2.05, 4.69) is 0 Å². The number of aryl methyl sites for hydroxylation is 1. The topological polar surface area (TPSA) is 46.6 Å². The molecule has 0 aliphatic carbocycles. The van der Waals surface area contributed by atoms with E-state index in [4.69, 9.17) is 4.74 Å². The first-order valence-electron chi connectivity index (χ1n) is 7.49. The minimum atomic E-state index is -4.59. The van der Waals surface area contributed by atoms with Gasteiger partial charge in [0, 0.05) is 19.3 Å². The molecule has 0 atom stereocenters. The van der Waals surface area contributed by atoms with Gasteiger partial charge in [-0.2, -0.15) is 17.5 Å². The first kappa shape index (κ1) is 18.2. The predicted octanol–water partition coefficient (Wildman–Crippen LogP) is 2.98. The lowest BCUT2D eigenvalue weighted by Gasteiger charge is -2.33. The third kappa shape index (κ3) is 4.68. The zero-order valence-electron chi connectivity index (χ0n) is 12.8.